The van der Waals surface area contributed by atoms with Crippen LogP contribution in [0.4, 0.5) is 30.2 Å². The van der Waals surface area contributed by atoms with Crippen molar-refractivity contribution in [2.24, 2.45) is 0 Å². The fraction of sp³-hybridized carbons (Fsp3) is 0.435. The highest BCUT2D eigenvalue weighted by Crippen LogP contribution is 2.34. The summed E-state index contributed by atoms with van der Waals surface area (Å²) < 4.78 is 39.5. The Hall–Kier alpha value is -2.74. The second-order valence-electron chi connectivity index (χ2n) is 7.82. The first-order valence-electron chi connectivity index (χ1n) is 10.5. The predicted octanol–water partition coefficient (Wildman–Crippen LogP) is 4.59. The van der Waals surface area contributed by atoms with Crippen molar-refractivity contribution in [1.29, 1.82) is 0 Å². The van der Waals surface area contributed by atoms with Crippen molar-refractivity contribution >= 4 is 23.0 Å². The molecule has 0 radical (unpaired) electrons. The Bertz CT molecular complexity index is 908. The molecule has 1 heterocycles. The number of anilines is 3. The van der Waals surface area contributed by atoms with Crippen molar-refractivity contribution in [2.45, 2.75) is 33.0 Å². The van der Waals surface area contributed by atoms with Crippen LogP contribution in [-0.4, -0.2) is 49.6 Å². The first-order valence-corrected chi connectivity index (χ1v) is 10.5. The molecule has 0 unspecified atom stereocenters. The molecule has 1 amide bonds. The van der Waals surface area contributed by atoms with E-state index in [0.717, 1.165) is 55.7 Å². The van der Waals surface area contributed by atoms with Gasteiger partial charge in [-0.15, -0.1) is 0 Å². The zero-order chi connectivity index (χ0) is 22.6. The van der Waals surface area contributed by atoms with Crippen LogP contribution in [0, 0.1) is 6.92 Å². The zero-order valence-electron chi connectivity index (χ0n) is 18.1. The quantitative estimate of drug-likeness (QED) is 0.698. The van der Waals surface area contributed by atoms with Gasteiger partial charge in [0.2, 0.25) is 5.91 Å². The van der Waals surface area contributed by atoms with Crippen LogP contribution in [0.2, 0.25) is 0 Å². The Morgan fingerprint density at radius 1 is 1.10 bits per heavy atom. The lowest BCUT2D eigenvalue weighted by molar-refractivity contribution is -0.137. The van der Waals surface area contributed by atoms with E-state index in [0.29, 0.717) is 0 Å². The molecule has 8 heteroatoms. The monoisotopic (exact) mass is 434 g/mol. The number of amides is 1. The molecule has 0 spiro atoms. The average Bonchev–Trinajstić information content (AvgIpc) is 2.73. The molecule has 1 aliphatic rings. The highest BCUT2D eigenvalue weighted by Gasteiger charge is 2.33. The smallest absolute Gasteiger partial charge is 0.374 e. The van der Waals surface area contributed by atoms with Gasteiger partial charge in [0.1, 0.15) is 6.04 Å². The standard InChI is InChI=1S/C23H29F3N4O/c1-4-29-11-13-30(14-12-29)21-10-9-18(15-16(21)2)27-17(3)22(31)28-20-8-6-5-7-19(20)23(24,25)26/h5-10,15,17,27H,4,11-14H2,1-3H3,(H,28,31)/t17-/m0/s1. The van der Waals surface area contributed by atoms with Crippen LogP contribution in [0.15, 0.2) is 42.5 Å². The first-order chi connectivity index (χ1) is 14.7. The molecular weight excluding hydrogens is 405 g/mol. The van der Waals surface area contributed by atoms with Crippen LogP contribution in [-0.2, 0) is 11.0 Å². The molecule has 0 bridgehead atoms. The molecule has 2 aromatic carbocycles. The third kappa shape index (κ3) is 5.70. The van der Waals surface area contributed by atoms with Gasteiger partial charge in [0.05, 0.1) is 11.3 Å². The highest BCUT2D eigenvalue weighted by atomic mass is 19.4. The maximum absolute atomic E-state index is 13.2. The largest absolute Gasteiger partial charge is 0.418 e. The van der Waals surface area contributed by atoms with Gasteiger partial charge in [-0.25, -0.2) is 0 Å². The minimum atomic E-state index is -4.53. The van der Waals surface area contributed by atoms with Crippen LogP contribution in [0.3, 0.4) is 0 Å². The normalized spacial score (nSPS) is 16.1. The molecule has 1 atom stereocenters. The summed E-state index contributed by atoms with van der Waals surface area (Å²) in [6, 6.07) is 10.2. The number of alkyl halides is 3. The number of benzene rings is 2. The molecule has 1 saturated heterocycles. The second-order valence-corrected chi connectivity index (χ2v) is 7.82. The van der Waals surface area contributed by atoms with Gasteiger partial charge >= 0.3 is 6.18 Å². The number of carbonyl (C=O) groups excluding carboxylic acids is 1. The summed E-state index contributed by atoms with van der Waals surface area (Å²) >= 11 is 0. The Balaban J connectivity index is 1.64. The molecular formula is C23H29F3N4O. The zero-order valence-corrected chi connectivity index (χ0v) is 18.1. The van der Waals surface area contributed by atoms with Crippen molar-refractivity contribution in [1.82, 2.24) is 4.90 Å². The van der Waals surface area contributed by atoms with Gasteiger partial charge < -0.3 is 20.4 Å². The number of aryl methyl sites for hydroxylation is 1. The minimum Gasteiger partial charge on any atom is -0.374 e. The van der Waals surface area contributed by atoms with Crippen LogP contribution in [0.1, 0.15) is 25.0 Å². The molecule has 5 nitrogen and oxygen atoms in total. The lowest BCUT2D eigenvalue weighted by Crippen LogP contribution is -2.46. The van der Waals surface area contributed by atoms with Crippen molar-refractivity contribution in [3.05, 3.63) is 53.6 Å². The van der Waals surface area contributed by atoms with Gasteiger partial charge in [0, 0.05) is 37.6 Å². The van der Waals surface area contributed by atoms with Gasteiger partial charge in [0.15, 0.2) is 0 Å². The van der Waals surface area contributed by atoms with Crippen molar-refractivity contribution in [2.75, 3.05) is 48.3 Å². The minimum absolute atomic E-state index is 0.244. The second kappa shape index (κ2) is 9.60. The van der Waals surface area contributed by atoms with E-state index < -0.39 is 23.7 Å². The molecule has 3 rings (SSSR count). The molecule has 0 aliphatic carbocycles. The Labute approximate surface area is 181 Å². The summed E-state index contributed by atoms with van der Waals surface area (Å²) in [6.45, 7) is 10.9. The summed E-state index contributed by atoms with van der Waals surface area (Å²) in [5, 5.41) is 5.48. The first kappa shape index (κ1) is 22.9. The van der Waals surface area contributed by atoms with Crippen molar-refractivity contribution in [3.8, 4) is 0 Å². The van der Waals surface area contributed by atoms with Crippen LogP contribution < -0.4 is 15.5 Å². The van der Waals surface area contributed by atoms with Crippen molar-refractivity contribution in [3.63, 3.8) is 0 Å². The van der Waals surface area contributed by atoms with E-state index in [4.69, 9.17) is 0 Å². The number of rotatable bonds is 6. The van der Waals surface area contributed by atoms with Gasteiger partial charge in [0.25, 0.3) is 0 Å². The molecule has 0 aromatic heterocycles. The SMILES string of the molecule is CCN1CCN(c2ccc(N[C@@H](C)C(=O)Nc3ccccc3C(F)(F)F)cc2C)CC1. The number of hydrogen-bond acceptors (Lipinski definition) is 4. The van der Waals surface area contributed by atoms with Crippen LogP contribution in [0.5, 0.6) is 0 Å². The van der Waals surface area contributed by atoms with E-state index in [1.54, 1.807) is 6.92 Å². The van der Waals surface area contributed by atoms with E-state index in [2.05, 4.69) is 27.4 Å². The molecule has 1 fully saturated rings. The van der Waals surface area contributed by atoms with Gasteiger partial charge in [-0.3, -0.25) is 4.79 Å². The van der Waals surface area contributed by atoms with E-state index in [-0.39, 0.29) is 5.69 Å². The fourth-order valence-electron chi connectivity index (χ4n) is 3.80. The fourth-order valence-corrected chi connectivity index (χ4v) is 3.80. The van der Waals surface area contributed by atoms with Gasteiger partial charge in [-0.1, -0.05) is 19.1 Å². The number of piperazine rings is 1. The van der Waals surface area contributed by atoms with E-state index >= 15 is 0 Å². The lowest BCUT2D eigenvalue weighted by atomic mass is 10.1. The number of nitrogens with zero attached hydrogens (tertiary/aromatic N) is 2. The molecule has 31 heavy (non-hydrogen) atoms. The summed E-state index contributed by atoms with van der Waals surface area (Å²) in [5.74, 6) is -0.533. The summed E-state index contributed by atoms with van der Waals surface area (Å²) in [4.78, 5) is 17.3. The van der Waals surface area contributed by atoms with Crippen molar-refractivity contribution < 1.29 is 18.0 Å². The van der Waals surface area contributed by atoms with Crippen LogP contribution in [0.25, 0.3) is 0 Å². The summed E-state index contributed by atoms with van der Waals surface area (Å²) in [7, 11) is 0. The Morgan fingerprint density at radius 2 is 1.77 bits per heavy atom. The third-order valence-electron chi connectivity index (χ3n) is 5.62. The number of carbonyl (C=O) groups is 1. The van der Waals surface area contributed by atoms with Crippen LogP contribution >= 0.6 is 0 Å². The number of likely N-dealkylation sites (N-methyl/N-ethyl adjacent to an activating group) is 1. The molecule has 1 aliphatic heterocycles. The van der Waals surface area contributed by atoms with E-state index in [9.17, 15) is 18.0 Å². The summed E-state index contributed by atoms with van der Waals surface area (Å²) in [6.07, 6.45) is -4.53. The molecule has 168 valence electrons. The maximum Gasteiger partial charge on any atom is 0.418 e. The number of hydrogen-bond donors (Lipinski definition) is 2. The maximum atomic E-state index is 13.2. The topological polar surface area (TPSA) is 47.6 Å². The molecule has 0 saturated carbocycles. The predicted molar refractivity (Wildman–Crippen MR) is 119 cm³/mol. The average molecular weight is 435 g/mol. The van der Waals surface area contributed by atoms with Gasteiger partial charge in [-0.2, -0.15) is 13.2 Å². The molecule has 2 aromatic rings. The van der Waals surface area contributed by atoms with E-state index in [1.165, 1.54) is 18.2 Å². The Morgan fingerprint density at radius 3 is 2.39 bits per heavy atom. The van der Waals surface area contributed by atoms with Gasteiger partial charge in [-0.05, 0) is 56.3 Å². The van der Waals surface area contributed by atoms with E-state index in [1.807, 2.05) is 25.1 Å². The lowest BCUT2D eigenvalue weighted by Gasteiger charge is -2.36. The summed E-state index contributed by atoms with van der Waals surface area (Å²) in [5.41, 5.74) is 1.90. The highest BCUT2D eigenvalue weighted by molar-refractivity contribution is 5.97. The Kier molecular flexibility index (Phi) is 7.10. The number of para-hydroxylation sites is 1. The molecule has 2 N–H and O–H groups in total. The third-order valence-corrected chi connectivity index (χ3v) is 5.62. The number of halogens is 3. The number of nitrogens with one attached hydrogen (secondary N) is 2.